The minimum Gasteiger partial charge on any atom is -0.472 e. The van der Waals surface area contributed by atoms with Crippen LogP contribution in [-0.4, -0.2) is 12.5 Å². The normalized spacial score (nSPS) is 10.3. The topological polar surface area (TPSA) is 54.3 Å². The fourth-order valence-electron chi connectivity index (χ4n) is 1.97. The van der Waals surface area contributed by atoms with E-state index >= 15 is 0 Å². The Balaban J connectivity index is 1.98. The summed E-state index contributed by atoms with van der Waals surface area (Å²) in [5.74, 6) is -0.0641. The zero-order chi connectivity index (χ0) is 14.4. The van der Waals surface area contributed by atoms with E-state index in [0.717, 1.165) is 29.8 Å². The van der Waals surface area contributed by atoms with E-state index in [1.54, 1.807) is 12.5 Å². The van der Waals surface area contributed by atoms with E-state index in [-0.39, 0.29) is 5.91 Å². The van der Waals surface area contributed by atoms with Gasteiger partial charge >= 0.3 is 0 Å². The summed E-state index contributed by atoms with van der Waals surface area (Å²) in [6.45, 7) is 5.48. The molecule has 20 heavy (non-hydrogen) atoms. The third-order valence-electron chi connectivity index (χ3n) is 3.08. The Hall–Kier alpha value is -2.23. The van der Waals surface area contributed by atoms with Crippen LogP contribution < -0.4 is 10.6 Å². The molecule has 0 saturated carbocycles. The maximum atomic E-state index is 12.1. The number of amides is 1. The molecule has 2 rings (SSSR count). The second-order valence-electron chi connectivity index (χ2n) is 4.77. The lowest BCUT2D eigenvalue weighted by atomic mass is 10.1. The molecule has 0 spiro atoms. The largest absolute Gasteiger partial charge is 0.472 e. The molecule has 0 saturated heterocycles. The highest BCUT2D eigenvalue weighted by atomic mass is 16.3. The maximum Gasteiger partial charge on any atom is 0.251 e. The van der Waals surface area contributed by atoms with E-state index in [1.165, 1.54) is 0 Å². The molecule has 1 aromatic heterocycles. The molecule has 4 nitrogen and oxygen atoms in total. The van der Waals surface area contributed by atoms with Crippen LogP contribution in [0.5, 0.6) is 0 Å². The zero-order valence-corrected chi connectivity index (χ0v) is 11.9. The van der Waals surface area contributed by atoms with E-state index < -0.39 is 0 Å². The second kappa shape index (κ2) is 6.80. The van der Waals surface area contributed by atoms with Crippen molar-refractivity contribution in [3.8, 4) is 0 Å². The molecule has 0 aliphatic carbocycles. The number of hydrogen-bond donors (Lipinski definition) is 2. The van der Waals surface area contributed by atoms with Crippen LogP contribution in [0.2, 0.25) is 0 Å². The Morgan fingerprint density at radius 2 is 2.15 bits per heavy atom. The first-order chi connectivity index (χ1) is 9.70. The van der Waals surface area contributed by atoms with E-state index in [2.05, 4.69) is 17.6 Å². The van der Waals surface area contributed by atoms with Crippen LogP contribution in [0.25, 0.3) is 0 Å². The molecule has 106 valence electrons. The summed E-state index contributed by atoms with van der Waals surface area (Å²) in [4.78, 5) is 12.1. The summed E-state index contributed by atoms with van der Waals surface area (Å²) in [7, 11) is 0. The molecule has 0 atom stereocenters. The summed E-state index contributed by atoms with van der Waals surface area (Å²) in [6.07, 6.45) is 4.30. The van der Waals surface area contributed by atoms with Crippen LogP contribution in [-0.2, 0) is 6.54 Å². The smallest absolute Gasteiger partial charge is 0.251 e. The molecule has 2 aromatic rings. The van der Waals surface area contributed by atoms with Crippen molar-refractivity contribution in [1.29, 1.82) is 0 Å². The monoisotopic (exact) mass is 272 g/mol. The molecule has 0 aliphatic heterocycles. The van der Waals surface area contributed by atoms with Crippen LogP contribution in [0.4, 0.5) is 5.69 Å². The lowest BCUT2D eigenvalue weighted by Gasteiger charge is -2.10. The van der Waals surface area contributed by atoms with Crippen molar-refractivity contribution in [3.63, 3.8) is 0 Å². The Labute approximate surface area is 119 Å². The summed E-state index contributed by atoms with van der Waals surface area (Å²) in [5.41, 5.74) is 3.68. The molecular weight excluding hydrogens is 252 g/mol. The minimum absolute atomic E-state index is 0.0641. The van der Waals surface area contributed by atoms with Crippen molar-refractivity contribution >= 4 is 11.6 Å². The number of hydrogen-bond acceptors (Lipinski definition) is 3. The van der Waals surface area contributed by atoms with Gasteiger partial charge in [0.15, 0.2) is 0 Å². The van der Waals surface area contributed by atoms with Crippen LogP contribution in [0.15, 0.2) is 41.2 Å². The predicted octanol–water partition coefficient (Wildman–Crippen LogP) is 3.34. The van der Waals surface area contributed by atoms with Crippen LogP contribution >= 0.6 is 0 Å². The Bertz CT molecular complexity index is 562. The molecule has 0 radical (unpaired) electrons. The molecule has 1 amide bonds. The fraction of sp³-hybridized carbons (Fsp3) is 0.312. The van der Waals surface area contributed by atoms with E-state index in [4.69, 9.17) is 4.42 Å². The molecule has 4 heteroatoms. The van der Waals surface area contributed by atoms with Gasteiger partial charge in [0.05, 0.1) is 12.5 Å². The van der Waals surface area contributed by atoms with Crippen molar-refractivity contribution in [2.24, 2.45) is 0 Å². The van der Waals surface area contributed by atoms with Gasteiger partial charge in [-0.25, -0.2) is 0 Å². The summed E-state index contributed by atoms with van der Waals surface area (Å²) in [6, 6.07) is 7.64. The first-order valence-corrected chi connectivity index (χ1v) is 6.84. The van der Waals surface area contributed by atoms with E-state index in [9.17, 15) is 4.79 Å². The highest BCUT2D eigenvalue weighted by Gasteiger charge is 2.09. The lowest BCUT2D eigenvalue weighted by molar-refractivity contribution is 0.0950. The lowest BCUT2D eigenvalue weighted by Crippen LogP contribution is -2.23. The molecule has 2 N–H and O–H groups in total. The molecule has 0 unspecified atom stereocenters. The van der Waals surface area contributed by atoms with Gasteiger partial charge in [-0.2, -0.15) is 0 Å². The van der Waals surface area contributed by atoms with Crippen molar-refractivity contribution in [1.82, 2.24) is 5.32 Å². The average molecular weight is 272 g/mol. The SMILES string of the molecule is CCCNc1ccc(C(=O)NCc2ccoc2)c(C)c1. The first-order valence-electron chi connectivity index (χ1n) is 6.84. The summed E-state index contributed by atoms with van der Waals surface area (Å²) in [5, 5.41) is 6.20. The van der Waals surface area contributed by atoms with Crippen LogP contribution in [0, 0.1) is 6.92 Å². The van der Waals surface area contributed by atoms with Gasteiger partial charge in [-0.15, -0.1) is 0 Å². The van der Waals surface area contributed by atoms with Crippen LogP contribution in [0.3, 0.4) is 0 Å². The first kappa shape index (κ1) is 14.2. The van der Waals surface area contributed by atoms with Crippen molar-refractivity contribution < 1.29 is 9.21 Å². The molecule has 1 heterocycles. The van der Waals surface area contributed by atoms with Crippen LogP contribution in [0.1, 0.15) is 34.8 Å². The van der Waals surface area contributed by atoms with Gasteiger partial charge in [0.25, 0.3) is 5.91 Å². The van der Waals surface area contributed by atoms with Crippen molar-refractivity contribution in [2.45, 2.75) is 26.8 Å². The molecule has 0 bridgehead atoms. The molecule has 0 fully saturated rings. The molecule has 1 aromatic carbocycles. The number of carbonyl (C=O) groups excluding carboxylic acids is 1. The van der Waals surface area contributed by atoms with Gasteiger partial charge in [-0.3, -0.25) is 4.79 Å². The number of rotatable bonds is 6. The summed E-state index contributed by atoms with van der Waals surface area (Å²) >= 11 is 0. The van der Waals surface area contributed by atoms with E-state index in [1.807, 2.05) is 31.2 Å². The second-order valence-corrected chi connectivity index (χ2v) is 4.77. The zero-order valence-electron chi connectivity index (χ0n) is 11.9. The Morgan fingerprint density at radius 1 is 1.30 bits per heavy atom. The maximum absolute atomic E-state index is 12.1. The Kier molecular flexibility index (Phi) is 4.82. The third-order valence-corrected chi connectivity index (χ3v) is 3.08. The number of anilines is 1. The van der Waals surface area contributed by atoms with E-state index in [0.29, 0.717) is 12.1 Å². The Morgan fingerprint density at radius 3 is 2.80 bits per heavy atom. The van der Waals surface area contributed by atoms with Gasteiger partial charge in [0.2, 0.25) is 0 Å². The average Bonchev–Trinajstić information content (AvgIpc) is 2.96. The number of carbonyl (C=O) groups is 1. The van der Waals surface area contributed by atoms with Crippen molar-refractivity contribution in [3.05, 3.63) is 53.5 Å². The third kappa shape index (κ3) is 3.63. The standard InChI is InChI=1S/C16H20N2O2/c1-3-7-17-14-4-5-15(12(2)9-14)16(19)18-10-13-6-8-20-11-13/h4-6,8-9,11,17H,3,7,10H2,1-2H3,(H,18,19). The summed E-state index contributed by atoms with van der Waals surface area (Å²) < 4.78 is 4.97. The van der Waals surface area contributed by atoms with Gasteiger partial charge in [0, 0.05) is 29.9 Å². The molecule has 0 aliphatic rings. The predicted molar refractivity (Wildman–Crippen MR) is 79.8 cm³/mol. The van der Waals surface area contributed by atoms with Gasteiger partial charge in [-0.1, -0.05) is 6.92 Å². The minimum atomic E-state index is -0.0641. The highest BCUT2D eigenvalue weighted by molar-refractivity contribution is 5.96. The van der Waals surface area contributed by atoms with Crippen molar-refractivity contribution in [2.75, 3.05) is 11.9 Å². The van der Waals surface area contributed by atoms with Gasteiger partial charge in [0.1, 0.15) is 0 Å². The number of aryl methyl sites for hydroxylation is 1. The number of nitrogens with one attached hydrogen (secondary N) is 2. The highest BCUT2D eigenvalue weighted by Crippen LogP contribution is 2.15. The molecular formula is C16H20N2O2. The van der Waals surface area contributed by atoms with Gasteiger partial charge in [-0.05, 0) is 43.2 Å². The quantitative estimate of drug-likeness (QED) is 0.848. The van der Waals surface area contributed by atoms with Gasteiger partial charge < -0.3 is 15.1 Å². The number of furan rings is 1. The fourth-order valence-corrected chi connectivity index (χ4v) is 1.97. The number of benzene rings is 1.